The molecule has 19 heavy (non-hydrogen) atoms. The highest BCUT2D eigenvalue weighted by Crippen LogP contribution is 2.15. The second kappa shape index (κ2) is 5.60. The maximum Gasteiger partial charge on any atom is 0.244 e. The summed E-state index contributed by atoms with van der Waals surface area (Å²) >= 11 is 5.52. The van der Waals surface area contributed by atoms with Crippen molar-refractivity contribution in [1.29, 1.82) is 0 Å². The highest BCUT2D eigenvalue weighted by atomic mass is 35.5. The maximum atomic E-state index is 12.1. The number of pyridine rings is 1. The van der Waals surface area contributed by atoms with E-state index in [4.69, 9.17) is 11.6 Å². The van der Waals surface area contributed by atoms with Gasteiger partial charge in [0.05, 0.1) is 12.4 Å². The Morgan fingerprint density at radius 2 is 1.95 bits per heavy atom. The second-order valence-corrected chi connectivity index (χ2v) is 5.87. The molecule has 0 amide bonds. The van der Waals surface area contributed by atoms with Crippen molar-refractivity contribution in [2.24, 2.45) is 0 Å². The van der Waals surface area contributed by atoms with E-state index in [2.05, 4.69) is 19.7 Å². The summed E-state index contributed by atoms with van der Waals surface area (Å²) in [6.07, 6.45) is 5.55. The second-order valence-electron chi connectivity index (χ2n) is 3.82. The lowest BCUT2D eigenvalue weighted by Gasteiger charge is -2.13. The average Bonchev–Trinajstić information content (AvgIpc) is 2.40. The predicted molar refractivity (Wildman–Crippen MR) is 70.0 cm³/mol. The molecule has 0 saturated heterocycles. The topological polar surface area (TPSA) is 84.8 Å². The van der Waals surface area contributed by atoms with E-state index in [9.17, 15) is 8.42 Å². The van der Waals surface area contributed by atoms with E-state index in [-0.39, 0.29) is 10.2 Å². The average molecular weight is 299 g/mol. The van der Waals surface area contributed by atoms with Crippen molar-refractivity contribution in [3.8, 4) is 0 Å². The van der Waals surface area contributed by atoms with Crippen molar-refractivity contribution < 1.29 is 8.42 Å². The number of hydrogen-bond acceptors (Lipinski definition) is 5. The highest BCUT2D eigenvalue weighted by molar-refractivity contribution is 7.89. The summed E-state index contributed by atoms with van der Waals surface area (Å²) in [5.41, 5.74) is 0.765. The van der Waals surface area contributed by atoms with Crippen LogP contribution in [0.5, 0.6) is 0 Å². The summed E-state index contributed by atoms with van der Waals surface area (Å²) in [7, 11) is -3.69. The minimum atomic E-state index is -3.69. The van der Waals surface area contributed by atoms with Gasteiger partial charge < -0.3 is 0 Å². The van der Waals surface area contributed by atoms with Crippen LogP contribution in [0.15, 0.2) is 41.8 Å². The molecule has 0 spiro atoms. The molecule has 0 saturated carbocycles. The first-order valence-corrected chi connectivity index (χ1v) is 7.25. The predicted octanol–water partition coefficient (Wildman–Crippen LogP) is 1.56. The largest absolute Gasteiger partial charge is 0.264 e. The van der Waals surface area contributed by atoms with Gasteiger partial charge in [-0.15, -0.1) is 0 Å². The molecule has 100 valence electrons. The fourth-order valence-electron chi connectivity index (χ4n) is 1.44. The lowest BCUT2D eigenvalue weighted by molar-refractivity contribution is 0.565. The molecule has 2 heterocycles. The van der Waals surface area contributed by atoms with Crippen LogP contribution in [0.2, 0.25) is 5.28 Å². The number of hydrogen-bond donors (Lipinski definition) is 1. The van der Waals surface area contributed by atoms with Crippen LogP contribution in [0.1, 0.15) is 18.5 Å². The zero-order valence-corrected chi connectivity index (χ0v) is 11.6. The van der Waals surface area contributed by atoms with Crippen LogP contribution in [-0.2, 0) is 10.0 Å². The molecule has 0 radical (unpaired) electrons. The van der Waals surface area contributed by atoms with E-state index in [0.29, 0.717) is 0 Å². The number of aromatic nitrogens is 3. The van der Waals surface area contributed by atoms with E-state index < -0.39 is 16.1 Å². The Hall–Kier alpha value is -1.57. The molecule has 2 rings (SSSR count). The summed E-state index contributed by atoms with van der Waals surface area (Å²) in [5.74, 6) is 0. The molecule has 0 aliphatic rings. The van der Waals surface area contributed by atoms with Gasteiger partial charge in [-0.1, -0.05) is 6.07 Å². The minimum Gasteiger partial charge on any atom is -0.264 e. The molecule has 1 N–H and O–H groups in total. The number of nitrogens with one attached hydrogen (secondary N) is 1. The molecule has 1 atom stereocenters. The van der Waals surface area contributed by atoms with Crippen LogP contribution >= 0.6 is 11.6 Å². The highest BCUT2D eigenvalue weighted by Gasteiger charge is 2.19. The first-order valence-electron chi connectivity index (χ1n) is 5.39. The Morgan fingerprint density at radius 3 is 2.53 bits per heavy atom. The van der Waals surface area contributed by atoms with Gasteiger partial charge in [0.25, 0.3) is 0 Å². The summed E-state index contributed by atoms with van der Waals surface area (Å²) in [4.78, 5) is 11.2. The van der Waals surface area contributed by atoms with Gasteiger partial charge in [-0.25, -0.2) is 23.1 Å². The van der Waals surface area contributed by atoms with Crippen molar-refractivity contribution >= 4 is 21.6 Å². The molecule has 0 aliphatic heterocycles. The summed E-state index contributed by atoms with van der Waals surface area (Å²) < 4.78 is 26.7. The van der Waals surface area contributed by atoms with Gasteiger partial charge in [0.15, 0.2) is 0 Å². The third kappa shape index (κ3) is 3.46. The third-order valence-corrected chi connectivity index (χ3v) is 4.11. The molecule has 0 fully saturated rings. The van der Waals surface area contributed by atoms with E-state index in [1.54, 1.807) is 31.5 Å². The minimum absolute atomic E-state index is 0.000687. The molecular formula is C11H11ClN4O2S. The quantitative estimate of drug-likeness (QED) is 0.866. The first kappa shape index (κ1) is 13.9. The van der Waals surface area contributed by atoms with E-state index >= 15 is 0 Å². The van der Waals surface area contributed by atoms with E-state index in [1.807, 2.05) is 0 Å². The number of halogens is 1. The Morgan fingerprint density at radius 1 is 1.26 bits per heavy atom. The Bertz CT molecular complexity index is 646. The van der Waals surface area contributed by atoms with Gasteiger partial charge in [-0.2, -0.15) is 0 Å². The van der Waals surface area contributed by atoms with E-state index in [0.717, 1.165) is 18.0 Å². The Balaban J connectivity index is 2.20. The van der Waals surface area contributed by atoms with Crippen LogP contribution in [0.25, 0.3) is 0 Å². The molecule has 6 nitrogen and oxygen atoms in total. The van der Waals surface area contributed by atoms with Gasteiger partial charge in [0.1, 0.15) is 4.90 Å². The molecule has 1 unspecified atom stereocenters. The molecule has 8 heteroatoms. The van der Waals surface area contributed by atoms with Crippen LogP contribution in [0, 0.1) is 0 Å². The van der Waals surface area contributed by atoms with Gasteiger partial charge in [-0.3, -0.25) is 4.98 Å². The van der Waals surface area contributed by atoms with Gasteiger partial charge in [0.2, 0.25) is 15.3 Å². The van der Waals surface area contributed by atoms with Crippen molar-refractivity contribution in [3.63, 3.8) is 0 Å². The molecule has 0 bridgehead atoms. The third-order valence-electron chi connectivity index (χ3n) is 2.42. The monoisotopic (exact) mass is 298 g/mol. The summed E-state index contributed by atoms with van der Waals surface area (Å²) in [6, 6.07) is 3.12. The Labute approximate surface area is 115 Å². The summed E-state index contributed by atoms with van der Waals surface area (Å²) in [5, 5.41) is -0.000687. The summed E-state index contributed by atoms with van der Waals surface area (Å²) in [6.45, 7) is 1.73. The SMILES string of the molecule is CC(NS(=O)(=O)c1cnc(Cl)nc1)c1cccnc1. The molecule has 2 aromatic rings. The zero-order valence-electron chi connectivity index (χ0n) is 9.99. The van der Waals surface area contributed by atoms with Gasteiger partial charge in [-0.05, 0) is 30.2 Å². The molecule has 0 aromatic carbocycles. The number of nitrogens with zero attached hydrogens (tertiary/aromatic N) is 3. The number of rotatable bonds is 4. The van der Waals surface area contributed by atoms with Crippen molar-refractivity contribution in [1.82, 2.24) is 19.7 Å². The van der Waals surface area contributed by atoms with Crippen molar-refractivity contribution in [2.45, 2.75) is 17.9 Å². The normalized spacial score (nSPS) is 13.2. The van der Waals surface area contributed by atoms with Crippen molar-refractivity contribution in [2.75, 3.05) is 0 Å². The molecule has 0 aliphatic carbocycles. The fraction of sp³-hybridized carbons (Fsp3) is 0.182. The van der Waals surface area contributed by atoms with Gasteiger partial charge in [0, 0.05) is 18.4 Å². The first-order chi connectivity index (χ1) is 8.99. The fourth-order valence-corrected chi connectivity index (χ4v) is 2.66. The van der Waals surface area contributed by atoms with Crippen LogP contribution < -0.4 is 4.72 Å². The van der Waals surface area contributed by atoms with Gasteiger partial charge >= 0.3 is 0 Å². The molecule has 2 aromatic heterocycles. The zero-order chi connectivity index (χ0) is 13.9. The lowest BCUT2D eigenvalue weighted by atomic mass is 10.2. The lowest BCUT2D eigenvalue weighted by Crippen LogP contribution is -2.27. The standard InChI is InChI=1S/C11H11ClN4O2S/c1-8(9-3-2-4-13-5-9)16-19(17,18)10-6-14-11(12)15-7-10/h2-8,16H,1H3. The smallest absolute Gasteiger partial charge is 0.244 e. The van der Waals surface area contributed by atoms with Crippen LogP contribution in [0.4, 0.5) is 0 Å². The Kier molecular flexibility index (Phi) is 4.08. The van der Waals surface area contributed by atoms with Crippen LogP contribution in [0.3, 0.4) is 0 Å². The van der Waals surface area contributed by atoms with E-state index in [1.165, 1.54) is 0 Å². The number of sulfonamides is 1. The van der Waals surface area contributed by atoms with Crippen LogP contribution in [-0.4, -0.2) is 23.4 Å². The molecular weight excluding hydrogens is 288 g/mol. The maximum absolute atomic E-state index is 12.1. The van der Waals surface area contributed by atoms with Crippen molar-refractivity contribution in [3.05, 3.63) is 47.8 Å².